The van der Waals surface area contributed by atoms with Crippen LogP contribution in [0.2, 0.25) is 0 Å². The van der Waals surface area contributed by atoms with Gasteiger partial charge in [0.1, 0.15) is 17.3 Å². The molecule has 0 amide bonds. The van der Waals surface area contributed by atoms with Crippen molar-refractivity contribution < 1.29 is 8.78 Å². The zero-order chi connectivity index (χ0) is 34.3. The van der Waals surface area contributed by atoms with Crippen LogP contribution in [0.4, 0.5) is 8.78 Å². The van der Waals surface area contributed by atoms with Crippen molar-refractivity contribution in [1.82, 2.24) is 9.97 Å². The molecule has 0 spiro atoms. The lowest BCUT2D eigenvalue weighted by molar-refractivity contribution is 0.628. The van der Waals surface area contributed by atoms with Crippen LogP contribution in [-0.2, 0) is 0 Å². The molecule has 1 aliphatic heterocycles. The molecule has 4 nitrogen and oxygen atoms in total. The summed E-state index contributed by atoms with van der Waals surface area (Å²) in [6, 6.07) is 32.5. The Labute approximate surface area is 286 Å². The van der Waals surface area contributed by atoms with Crippen LogP contribution in [-0.4, -0.2) is 27.4 Å². The summed E-state index contributed by atoms with van der Waals surface area (Å²) in [5.74, 6) is -0.914. The Bertz CT molecular complexity index is 2160. The number of aliphatic imine (C=N–C) groups is 2. The minimum Gasteiger partial charge on any atom is -0.275 e. The minimum absolute atomic E-state index is 0.227. The van der Waals surface area contributed by atoms with Gasteiger partial charge in [0.05, 0.1) is 40.2 Å². The predicted octanol–water partition coefficient (Wildman–Crippen LogP) is 10.6. The zero-order valence-corrected chi connectivity index (χ0v) is 27.7. The molecule has 1 aliphatic rings. The summed E-state index contributed by atoms with van der Waals surface area (Å²) >= 11 is 0. The van der Waals surface area contributed by atoms with Gasteiger partial charge in [-0.3, -0.25) is 4.99 Å². The third-order valence-electron chi connectivity index (χ3n) is 8.21. The van der Waals surface area contributed by atoms with Gasteiger partial charge in [-0.1, -0.05) is 111 Å². The average Bonchev–Trinajstić information content (AvgIpc) is 3.12. The first kappa shape index (κ1) is 33.0. The van der Waals surface area contributed by atoms with E-state index in [4.69, 9.17) is 20.0 Å². The summed E-state index contributed by atoms with van der Waals surface area (Å²) in [6.07, 6.45) is 8.65. The number of hydrogen-bond acceptors (Lipinski definition) is 4. The van der Waals surface area contributed by atoms with Crippen molar-refractivity contribution in [2.75, 3.05) is 0 Å². The molecule has 1 atom stereocenters. The van der Waals surface area contributed by atoms with Crippen molar-refractivity contribution in [1.29, 1.82) is 0 Å². The molecule has 49 heavy (non-hydrogen) atoms. The predicted molar refractivity (Wildman–Crippen MR) is 198 cm³/mol. The summed E-state index contributed by atoms with van der Waals surface area (Å²) < 4.78 is 30.3. The highest BCUT2D eigenvalue weighted by atomic mass is 19.1. The van der Waals surface area contributed by atoms with E-state index in [2.05, 4.69) is 19.6 Å². The van der Waals surface area contributed by atoms with Gasteiger partial charge in [0.2, 0.25) is 0 Å². The number of benzene rings is 4. The van der Waals surface area contributed by atoms with E-state index in [1.54, 1.807) is 36.4 Å². The molecule has 0 aliphatic carbocycles. The van der Waals surface area contributed by atoms with E-state index >= 15 is 8.78 Å². The largest absolute Gasteiger partial charge is 0.275 e. The van der Waals surface area contributed by atoms with Crippen LogP contribution in [0.25, 0.3) is 28.6 Å². The van der Waals surface area contributed by atoms with Crippen molar-refractivity contribution in [3.63, 3.8) is 0 Å². The molecular formula is C43H36F2N4. The van der Waals surface area contributed by atoms with Crippen molar-refractivity contribution in [3.05, 3.63) is 185 Å². The van der Waals surface area contributed by atoms with Crippen LogP contribution in [0.1, 0.15) is 42.8 Å². The first-order chi connectivity index (χ1) is 23.8. The first-order valence-electron chi connectivity index (χ1n) is 16.3. The number of aromatic nitrogens is 2. The van der Waals surface area contributed by atoms with Gasteiger partial charge in [-0.25, -0.2) is 23.7 Å². The van der Waals surface area contributed by atoms with Gasteiger partial charge in [0, 0.05) is 22.3 Å². The maximum Gasteiger partial charge on any atom is 0.132 e. The van der Waals surface area contributed by atoms with Gasteiger partial charge in [-0.15, -0.1) is 0 Å². The van der Waals surface area contributed by atoms with Crippen LogP contribution in [0, 0.1) is 18.6 Å². The van der Waals surface area contributed by atoms with Crippen molar-refractivity contribution >= 4 is 17.5 Å². The second-order valence-electron chi connectivity index (χ2n) is 11.7. The molecular weight excluding hydrogens is 610 g/mol. The Kier molecular flexibility index (Phi) is 10.1. The maximum absolute atomic E-state index is 15.2. The SMILES string of the molecule is C=C1\C=C/C(C(=C/c2nc(-c3ccccc3F)c(-c3ccccc3F)nc2C)/CC)=C\C(C)/N=C(c2ccccc2)\C(c2ccccc2)=N/1. The minimum atomic E-state index is -0.461. The monoisotopic (exact) mass is 646 g/mol. The number of allylic oxidation sites excluding steroid dienone is 4. The Morgan fingerprint density at radius 1 is 0.714 bits per heavy atom. The fourth-order valence-corrected chi connectivity index (χ4v) is 5.76. The quantitative estimate of drug-likeness (QED) is 0.177. The number of aryl methyl sites for hydroxylation is 1. The maximum atomic E-state index is 15.2. The molecule has 0 radical (unpaired) electrons. The number of nitrogens with zero attached hydrogens (tertiary/aromatic N) is 4. The van der Waals surface area contributed by atoms with Gasteiger partial charge >= 0.3 is 0 Å². The smallest absolute Gasteiger partial charge is 0.132 e. The lowest BCUT2D eigenvalue weighted by Gasteiger charge is -2.17. The van der Waals surface area contributed by atoms with Gasteiger partial charge < -0.3 is 0 Å². The Balaban J connectivity index is 1.49. The van der Waals surface area contributed by atoms with Crippen LogP contribution in [0.3, 0.4) is 0 Å². The zero-order valence-electron chi connectivity index (χ0n) is 27.7. The Morgan fingerprint density at radius 3 is 1.82 bits per heavy atom. The molecule has 6 heteroatoms. The molecule has 0 saturated carbocycles. The average molecular weight is 647 g/mol. The van der Waals surface area contributed by atoms with Gasteiger partial charge in [0.25, 0.3) is 0 Å². The van der Waals surface area contributed by atoms with Gasteiger partial charge in [-0.05, 0) is 67.8 Å². The molecule has 0 bridgehead atoms. The van der Waals surface area contributed by atoms with Crippen LogP contribution >= 0.6 is 0 Å². The van der Waals surface area contributed by atoms with Gasteiger partial charge in [-0.2, -0.15) is 0 Å². The lowest BCUT2D eigenvalue weighted by atomic mass is 9.96. The Morgan fingerprint density at radius 2 is 1.24 bits per heavy atom. The highest BCUT2D eigenvalue weighted by Gasteiger charge is 2.20. The molecule has 5 aromatic rings. The normalized spacial score (nSPS) is 19.2. The molecule has 1 unspecified atom stereocenters. The lowest BCUT2D eigenvalue weighted by Crippen LogP contribution is -2.20. The highest BCUT2D eigenvalue weighted by molar-refractivity contribution is 6.53. The standard InChI is InChI=1S/C43H36F2N4/c1-5-31(27-39-30(4)48-42(35-20-12-14-22-37(35)44)43(49-39)36-21-13-15-23-38(36)45)34-25-24-28(2)46-40(32-16-8-6-9-17-32)41(47-29(3)26-34)33-18-10-7-11-19-33/h6-27,29H,2,5H2,1,3-4H3/b25-24-,31-27+,34-26+,46-40-,47-41-. The summed E-state index contributed by atoms with van der Waals surface area (Å²) in [5.41, 5.74) is 8.11. The Hall–Kier alpha value is -5.88. The van der Waals surface area contributed by atoms with E-state index in [1.165, 1.54) is 12.1 Å². The summed E-state index contributed by atoms with van der Waals surface area (Å²) in [5, 5.41) is 0. The van der Waals surface area contributed by atoms with Crippen LogP contribution in [0.15, 0.2) is 161 Å². The number of halogens is 2. The second kappa shape index (κ2) is 14.9. The first-order valence-corrected chi connectivity index (χ1v) is 16.3. The fourth-order valence-electron chi connectivity index (χ4n) is 5.76. The topological polar surface area (TPSA) is 50.5 Å². The highest BCUT2D eigenvalue weighted by Crippen LogP contribution is 2.34. The van der Waals surface area contributed by atoms with E-state index in [0.29, 0.717) is 23.5 Å². The van der Waals surface area contributed by atoms with Crippen LogP contribution < -0.4 is 0 Å². The third-order valence-corrected chi connectivity index (χ3v) is 8.21. The molecule has 242 valence electrons. The molecule has 1 aromatic heterocycles. The van der Waals surface area contributed by atoms with E-state index < -0.39 is 11.6 Å². The third kappa shape index (κ3) is 7.49. The summed E-state index contributed by atoms with van der Waals surface area (Å²) in [4.78, 5) is 20.0. The molecule has 0 N–H and O–H groups in total. The molecule has 0 saturated heterocycles. The van der Waals surface area contributed by atoms with Crippen molar-refractivity contribution in [2.45, 2.75) is 33.2 Å². The number of rotatable bonds is 7. The molecule has 6 rings (SSSR count). The van der Waals surface area contributed by atoms with E-state index in [0.717, 1.165) is 33.7 Å². The van der Waals surface area contributed by atoms with E-state index in [-0.39, 0.29) is 28.6 Å². The second-order valence-corrected chi connectivity index (χ2v) is 11.7. The molecule has 4 aromatic carbocycles. The van der Waals surface area contributed by atoms with Crippen molar-refractivity contribution in [2.24, 2.45) is 9.98 Å². The number of hydrogen-bond donors (Lipinski definition) is 0. The van der Waals surface area contributed by atoms with E-state index in [9.17, 15) is 0 Å². The van der Waals surface area contributed by atoms with Gasteiger partial charge in [0.15, 0.2) is 0 Å². The van der Waals surface area contributed by atoms with E-state index in [1.807, 2.05) is 92.7 Å². The van der Waals surface area contributed by atoms with Crippen LogP contribution in [0.5, 0.6) is 0 Å². The summed E-state index contributed by atoms with van der Waals surface area (Å²) in [6.45, 7) is 10.2. The summed E-state index contributed by atoms with van der Waals surface area (Å²) in [7, 11) is 0. The fraction of sp³-hybridized carbons (Fsp3) is 0.116. The molecule has 0 fully saturated rings. The van der Waals surface area contributed by atoms with Crippen molar-refractivity contribution in [3.8, 4) is 22.5 Å². The molecule has 2 heterocycles.